The molecule has 2 rings (SSSR count). The zero-order valence-electron chi connectivity index (χ0n) is 11.1. The lowest BCUT2D eigenvalue weighted by atomic mass is 10.3. The number of ether oxygens (including phenoxy) is 1. The minimum Gasteiger partial charge on any atom is -0.492 e. The van der Waals surface area contributed by atoms with E-state index in [1.54, 1.807) is 12.1 Å². The van der Waals surface area contributed by atoms with E-state index in [-0.39, 0.29) is 6.03 Å². The molecule has 0 atom stereocenters. The molecule has 0 heterocycles. The highest BCUT2D eigenvalue weighted by Gasteiger charge is 2.03. The zero-order chi connectivity index (χ0) is 15.1. The van der Waals surface area contributed by atoms with Crippen molar-refractivity contribution in [3.8, 4) is 5.75 Å². The largest absolute Gasteiger partial charge is 0.492 e. The molecule has 2 N–H and O–H groups in total. The first-order valence-electron chi connectivity index (χ1n) is 6.33. The van der Waals surface area contributed by atoms with Crippen LogP contribution in [0.5, 0.6) is 5.75 Å². The van der Waals surface area contributed by atoms with E-state index >= 15 is 0 Å². The van der Waals surface area contributed by atoms with Gasteiger partial charge in [0.05, 0.1) is 12.2 Å². The van der Waals surface area contributed by atoms with Crippen LogP contribution in [0.4, 0.5) is 10.5 Å². The van der Waals surface area contributed by atoms with Gasteiger partial charge in [-0.2, -0.15) is 0 Å². The van der Waals surface area contributed by atoms with Crippen molar-refractivity contribution >= 4 is 39.2 Å². The Kier molecular flexibility index (Phi) is 5.90. The smallest absolute Gasteiger partial charge is 0.319 e. The molecule has 21 heavy (non-hydrogen) atoms. The van der Waals surface area contributed by atoms with Crippen molar-refractivity contribution in [1.82, 2.24) is 5.32 Å². The maximum atomic E-state index is 11.7. The third kappa shape index (κ3) is 5.28. The van der Waals surface area contributed by atoms with Gasteiger partial charge in [0.25, 0.3) is 0 Å². The number of amides is 2. The third-order valence-corrected chi connectivity index (χ3v) is 3.50. The van der Waals surface area contributed by atoms with E-state index in [1.165, 1.54) is 0 Å². The minimum absolute atomic E-state index is 0.281. The summed E-state index contributed by atoms with van der Waals surface area (Å²) >= 11 is 9.21. The van der Waals surface area contributed by atoms with Crippen LogP contribution < -0.4 is 15.4 Å². The molecule has 0 fully saturated rings. The van der Waals surface area contributed by atoms with Gasteiger partial charge in [-0.1, -0.05) is 29.8 Å². The molecular weight excluding hydrogens is 356 g/mol. The molecule has 0 spiro atoms. The van der Waals surface area contributed by atoms with Crippen LogP contribution in [0.2, 0.25) is 5.02 Å². The molecule has 2 aromatic rings. The van der Waals surface area contributed by atoms with Crippen LogP contribution in [0, 0.1) is 0 Å². The second kappa shape index (κ2) is 7.90. The summed E-state index contributed by atoms with van der Waals surface area (Å²) in [6.45, 7) is 0.756. The summed E-state index contributed by atoms with van der Waals surface area (Å²) in [5.74, 6) is 0.676. The summed E-state index contributed by atoms with van der Waals surface area (Å²) in [6, 6.07) is 14.2. The van der Waals surface area contributed by atoms with Gasteiger partial charge in [0.15, 0.2) is 0 Å². The van der Waals surface area contributed by atoms with E-state index < -0.39 is 0 Å². The number of nitrogens with one attached hydrogen (secondary N) is 2. The quantitative estimate of drug-likeness (QED) is 0.772. The SMILES string of the molecule is O=C(NCCOc1cccc(Cl)c1)Nc1ccccc1Br. The fourth-order valence-electron chi connectivity index (χ4n) is 1.62. The van der Waals surface area contributed by atoms with Crippen LogP contribution in [0.15, 0.2) is 53.0 Å². The summed E-state index contributed by atoms with van der Waals surface area (Å²) in [7, 11) is 0. The molecule has 0 radical (unpaired) electrons. The van der Waals surface area contributed by atoms with Crippen LogP contribution in [-0.2, 0) is 0 Å². The van der Waals surface area contributed by atoms with E-state index in [0.29, 0.717) is 29.6 Å². The van der Waals surface area contributed by atoms with E-state index in [1.807, 2.05) is 36.4 Å². The van der Waals surface area contributed by atoms with Crippen molar-refractivity contribution in [1.29, 1.82) is 0 Å². The molecule has 0 saturated carbocycles. The summed E-state index contributed by atoms with van der Waals surface area (Å²) in [4.78, 5) is 11.7. The van der Waals surface area contributed by atoms with Crippen molar-refractivity contribution in [3.63, 3.8) is 0 Å². The van der Waals surface area contributed by atoms with Crippen molar-refractivity contribution in [2.24, 2.45) is 0 Å². The maximum Gasteiger partial charge on any atom is 0.319 e. The predicted octanol–water partition coefficient (Wildman–Crippen LogP) is 4.30. The molecule has 6 heteroatoms. The number of carbonyl (C=O) groups excluding carboxylic acids is 1. The Morgan fingerprint density at radius 3 is 2.76 bits per heavy atom. The fourth-order valence-corrected chi connectivity index (χ4v) is 2.18. The average molecular weight is 370 g/mol. The molecule has 2 aromatic carbocycles. The van der Waals surface area contributed by atoms with Gasteiger partial charge in [-0.25, -0.2) is 4.79 Å². The molecule has 0 unspecified atom stereocenters. The lowest BCUT2D eigenvalue weighted by Crippen LogP contribution is -2.32. The highest BCUT2D eigenvalue weighted by molar-refractivity contribution is 9.10. The van der Waals surface area contributed by atoms with Gasteiger partial charge >= 0.3 is 6.03 Å². The molecular formula is C15H14BrClN2O2. The number of urea groups is 1. The Morgan fingerprint density at radius 2 is 2.00 bits per heavy atom. The summed E-state index contributed by atoms with van der Waals surface area (Å²) in [6.07, 6.45) is 0. The second-order valence-electron chi connectivity index (χ2n) is 4.17. The number of anilines is 1. The van der Waals surface area contributed by atoms with Gasteiger partial charge in [-0.15, -0.1) is 0 Å². The van der Waals surface area contributed by atoms with Crippen molar-refractivity contribution < 1.29 is 9.53 Å². The highest BCUT2D eigenvalue weighted by Crippen LogP contribution is 2.20. The molecule has 4 nitrogen and oxygen atoms in total. The number of rotatable bonds is 5. The van der Waals surface area contributed by atoms with Crippen LogP contribution >= 0.6 is 27.5 Å². The topological polar surface area (TPSA) is 50.4 Å². The van der Waals surface area contributed by atoms with Crippen molar-refractivity contribution in [2.75, 3.05) is 18.5 Å². The first-order valence-corrected chi connectivity index (χ1v) is 7.50. The summed E-state index contributed by atoms with van der Waals surface area (Å²) in [5.41, 5.74) is 0.714. The van der Waals surface area contributed by atoms with Gasteiger partial charge < -0.3 is 15.4 Å². The van der Waals surface area contributed by atoms with Gasteiger partial charge in [-0.05, 0) is 46.3 Å². The van der Waals surface area contributed by atoms with Crippen molar-refractivity contribution in [2.45, 2.75) is 0 Å². The Hall–Kier alpha value is -1.72. The lowest BCUT2D eigenvalue weighted by molar-refractivity contribution is 0.247. The van der Waals surface area contributed by atoms with Crippen molar-refractivity contribution in [3.05, 3.63) is 58.0 Å². The van der Waals surface area contributed by atoms with Gasteiger partial charge in [0, 0.05) is 9.50 Å². The first kappa shape index (κ1) is 15.7. The van der Waals surface area contributed by atoms with E-state index in [9.17, 15) is 4.79 Å². The average Bonchev–Trinajstić information content (AvgIpc) is 2.46. The fraction of sp³-hybridized carbons (Fsp3) is 0.133. The maximum absolute atomic E-state index is 11.7. The van der Waals surface area contributed by atoms with Gasteiger partial charge in [0.1, 0.15) is 12.4 Å². The van der Waals surface area contributed by atoms with E-state index in [4.69, 9.17) is 16.3 Å². The number of carbonyl (C=O) groups is 1. The summed E-state index contributed by atoms with van der Waals surface area (Å²) in [5, 5.41) is 6.08. The molecule has 110 valence electrons. The predicted molar refractivity (Wildman–Crippen MR) is 88.1 cm³/mol. The monoisotopic (exact) mass is 368 g/mol. The molecule has 2 amide bonds. The number of hydrogen-bond acceptors (Lipinski definition) is 2. The van der Waals surface area contributed by atoms with E-state index in [0.717, 1.165) is 4.47 Å². The minimum atomic E-state index is -0.281. The van der Waals surface area contributed by atoms with Crippen LogP contribution in [0.1, 0.15) is 0 Å². The number of benzene rings is 2. The molecule has 0 aliphatic carbocycles. The molecule has 0 aliphatic heterocycles. The Labute approximate surface area is 136 Å². The molecule has 0 aliphatic rings. The molecule has 0 bridgehead atoms. The second-order valence-corrected chi connectivity index (χ2v) is 5.46. The lowest BCUT2D eigenvalue weighted by Gasteiger charge is -2.10. The zero-order valence-corrected chi connectivity index (χ0v) is 13.4. The number of para-hydroxylation sites is 1. The van der Waals surface area contributed by atoms with Gasteiger partial charge in [0.2, 0.25) is 0 Å². The molecule has 0 aromatic heterocycles. The Bertz CT molecular complexity index is 622. The normalized spacial score (nSPS) is 10.0. The standard InChI is InChI=1S/C15H14BrClN2O2/c16-13-6-1-2-7-14(13)19-15(20)18-8-9-21-12-5-3-4-11(17)10-12/h1-7,10H,8-9H2,(H2,18,19,20). The third-order valence-electron chi connectivity index (χ3n) is 2.57. The van der Waals surface area contributed by atoms with Crippen LogP contribution in [-0.4, -0.2) is 19.2 Å². The Balaban J connectivity index is 1.71. The number of halogens is 2. The molecule has 0 saturated heterocycles. The summed E-state index contributed by atoms with van der Waals surface area (Å²) < 4.78 is 6.30. The number of hydrogen-bond donors (Lipinski definition) is 2. The highest BCUT2D eigenvalue weighted by atomic mass is 79.9. The van der Waals surface area contributed by atoms with Crippen LogP contribution in [0.25, 0.3) is 0 Å². The first-order chi connectivity index (χ1) is 10.1. The Morgan fingerprint density at radius 1 is 1.19 bits per heavy atom. The van der Waals surface area contributed by atoms with Crippen LogP contribution in [0.3, 0.4) is 0 Å². The van der Waals surface area contributed by atoms with E-state index in [2.05, 4.69) is 26.6 Å². The van der Waals surface area contributed by atoms with Gasteiger partial charge in [-0.3, -0.25) is 0 Å².